The zero-order valence-corrected chi connectivity index (χ0v) is 10.0. The summed E-state index contributed by atoms with van der Waals surface area (Å²) < 4.78 is 6.14. The van der Waals surface area contributed by atoms with E-state index in [2.05, 4.69) is 32.3 Å². The maximum atomic E-state index is 5.12. The molecule has 0 fully saturated rings. The molecule has 1 unspecified atom stereocenters. The monoisotopic (exact) mass is 258 g/mol. The van der Waals surface area contributed by atoms with E-state index in [0.29, 0.717) is 0 Å². The highest BCUT2D eigenvalue weighted by atomic mass is 79.9. The molecular formula is C10H15BrN2O. The van der Waals surface area contributed by atoms with Gasteiger partial charge in [0.25, 0.3) is 0 Å². The van der Waals surface area contributed by atoms with Crippen molar-refractivity contribution in [2.45, 2.75) is 19.6 Å². The van der Waals surface area contributed by atoms with Gasteiger partial charge in [0.15, 0.2) is 0 Å². The van der Waals surface area contributed by atoms with Gasteiger partial charge in [-0.25, -0.2) is 0 Å². The molecule has 4 heteroatoms. The second kappa shape index (κ2) is 6.11. The lowest BCUT2D eigenvalue weighted by atomic mass is 10.3. The van der Waals surface area contributed by atoms with E-state index >= 15 is 0 Å². The molecule has 1 rings (SSSR count). The Kier molecular flexibility index (Phi) is 5.07. The summed E-state index contributed by atoms with van der Waals surface area (Å²) in [6.07, 6.45) is 3.88. The second-order valence-corrected chi connectivity index (χ2v) is 4.10. The molecule has 0 saturated carbocycles. The first-order valence-corrected chi connectivity index (χ1v) is 5.34. The van der Waals surface area contributed by atoms with E-state index in [0.717, 1.165) is 17.6 Å². The summed E-state index contributed by atoms with van der Waals surface area (Å²) in [6.45, 7) is 3.70. The Morgan fingerprint density at radius 3 is 3.00 bits per heavy atom. The van der Waals surface area contributed by atoms with Crippen LogP contribution in [0.15, 0.2) is 22.9 Å². The van der Waals surface area contributed by atoms with Gasteiger partial charge in [-0.2, -0.15) is 0 Å². The van der Waals surface area contributed by atoms with Crippen molar-refractivity contribution in [3.63, 3.8) is 0 Å². The van der Waals surface area contributed by atoms with Gasteiger partial charge >= 0.3 is 0 Å². The summed E-state index contributed by atoms with van der Waals surface area (Å²) in [4.78, 5) is 4.08. The van der Waals surface area contributed by atoms with Crippen molar-refractivity contribution in [1.29, 1.82) is 0 Å². The zero-order valence-electron chi connectivity index (χ0n) is 8.46. The summed E-state index contributed by atoms with van der Waals surface area (Å²) in [5.41, 5.74) is 1.17. The van der Waals surface area contributed by atoms with Crippen LogP contribution in [0.2, 0.25) is 0 Å². The molecule has 1 N–H and O–H groups in total. The van der Waals surface area contributed by atoms with Crippen molar-refractivity contribution in [1.82, 2.24) is 10.3 Å². The number of ether oxygens (including phenoxy) is 1. The van der Waals surface area contributed by atoms with Gasteiger partial charge in [-0.05, 0) is 34.5 Å². The SMILES string of the molecule is COC(C)CNCc1cncc(Br)c1. The molecular weight excluding hydrogens is 244 g/mol. The average Bonchev–Trinajstić information content (AvgIpc) is 2.17. The molecule has 14 heavy (non-hydrogen) atoms. The van der Waals surface area contributed by atoms with Crippen molar-refractivity contribution in [3.05, 3.63) is 28.5 Å². The molecule has 0 spiro atoms. The summed E-state index contributed by atoms with van der Waals surface area (Å²) >= 11 is 3.38. The smallest absolute Gasteiger partial charge is 0.0667 e. The Bertz CT molecular complexity index is 281. The van der Waals surface area contributed by atoms with Crippen molar-refractivity contribution < 1.29 is 4.74 Å². The molecule has 0 aliphatic heterocycles. The molecule has 78 valence electrons. The van der Waals surface area contributed by atoms with E-state index in [9.17, 15) is 0 Å². The molecule has 0 aromatic carbocycles. The van der Waals surface area contributed by atoms with Crippen LogP contribution in [-0.4, -0.2) is 24.7 Å². The first kappa shape index (κ1) is 11.6. The second-order valence-electron chi connectivity index (χ2n) is 3.19. The Morgan fingerprint density at radius 1 is 1.57 bits per heavy atom. The fourth-order valence-corrected chi connectivity index (χ4v) is 1.47. The lowest BCUT2D eigenvalue weighted by Gasteiger charge is -2.10. The van der Waals surface area contributed by atoms with Crippen LogP contribution in [0.1, 0.15) is 12.5 Å². The molecule has 1 aromatic rings. The van der Waals surface area contributed by atoms with Gasteiger partial charge in [-0.1, -0.05) is 0 Å². The minimum absolute atomic E-state index is 0.245. The van der Waals surface area contributed by atoms with Crippen molar-refractivity contribution in [3.8, 4) is 0 Å². The predicted octanol–water partition coefficient (Wildman–Crippen LogP) is 1.97. The number of aromatic nitrogens is 1. The van der Waals surface area contributed by atoms with E-state index in [4.69, 9.17) is 4.74 Å². The fourth-order valence-electron chi connectivity index (χ4n) is 1.06. The number of nitrogens with zero attached hydrogens (tertiary/aromatic N) is 1. The Hall–Kier alpha value is -0.450. The highest BCUT2D eigenvalue weighted by Gasteiger charge is 1.98. The molecule has 0 bridgehead atoms. The molecule has 0 amide bonds. The maximum absolute atomic E-state index is 5.12. The third-order valence-corrected chi connectivity index (χ3v) is 2.36. The highest BCUT2D eigenvalue weighted by Crippen LogP contribution is 2.08. The minimum atomic E-state index is 0.245. The standard InChI is InChI=1S/C10H15BrN2O/c1-8(14-2)4-12-5-9-3-10(11)7-13-6-9/h3,6-8,12H,4-5H2,1-2H3. The normalized spacial score (nSPS) is 12.8. The van der Waals surface area contributed by atoms with Crippen LogP contribution in [-0.2, 0) is 11.3 Å². The zero-order chi connectivity index (χ0) is 10.4. The van der Waals surface area contributed by atoms with Crippen LogP contribution in [0.5, 0.6) is 0 Å². The quantitative estimate of drug-likeness (QED) is 0.877. The summed E-state index contributed by atoms with van der Waals surface area (Å²) in [7, 11) is 1.72. The van der Waals surface area contributed by atoms with Gasteiger partial charge in [-0.3, -0.25) is 4.98 Å². The van der Waals surface area contributed by atoms with Gasteiger partial charge in [0.05, 0.1) is 6.10 Å². The molecule has 0 radical (unpaired) electrons. The van der Waals surface area contributed by atoms with Crippen molar-refractivity contribution >= 4 is 15.9 Å². The lowest BCUT2D eigenvalue weighted by molar-refractivity contribution is 0.117. The van der Waals surface area contributed by atoms with Gasteiger partial charge < -0.3 is 10.1 Å². The van der Waals surface area contributed by atoms with Gasteiger partial charge in [0.2, 0.25) is 0 Å². The lowest BCUT2D eigenvalue weighted by Crippen LogP contribution is -2.25. The number of methoxy groups -OCH3 is 1. The largest absolute Gasteiger partial charge is 0.380 e. The molecule has 0 aliphatic carbocycles. The van der Waals surface area contributed by atoms with Crippen LogP contribution in [0.25, 0.3) is 0 Å². The molecule has 0 saturated heterocycles. The first-order chi connectivity index (χ1) is 6.72. The minimum Gasteiger partial charge on any atom is -0.380 e. The van der Waals surface area contributed by atoms with Gasteiger partial charge in [0.1, 0.15) is 0 Å². The predicted molar refractivity (Wildman–Crippen MR) is 60.1 cm³/mol. The van der Waals surface area contributed by atoms with Crippen molar-refractivity contribution in [2.24, 2.45) is 0 Å². The number of hydrogen-bond acceptors (Lipinski definition) is 3. The molecule has 0 aliphatic rings. The Morgan fingerprint density at radius 2 is 2.36 bits per heavy atom. The van der Waals surface area contributed by atoms with E-state index in [1.54, 1.807) is 13.3 Å². The van der Waals surface area contributed by atoms with E-state index < -0.39 is 0 Å². The highest BCUT2D eigenvalue weighted by molar-refractivity contribution is 9.10. The van der Waals surface area contributed by atoms with E-state index in [1.807, 2.05) is 13.1 Å². The van der Waals surface area contributed by atoms with E-state index in [1.165, 1.54) is 5.56 Å². The topological polar surface area (TPSA) is 34.1 Å². The molecule has 1 heterocycles. The average molecular weight is 259 g/mol. The maximum Gasteiger partial charge on any atom is 0.0667 e. The van der Waals surface area contributed by atoms with Gasteiger partial charge in [0, 0.05) is 37.1 Å². The van der Waals surface area contributed by atoms with Crippen LogP contribution in [0.3, 0.4) is 0 Å². The van der Waals surface area contributed by atoms with Crippen LogP contribution in [0, 0.1) is 0 Å². The third kappa shape index (κ3) is 4.17. The number of halogens is 1. The number of nitrogens with one attached hydrogen (secondary N) is 1. The van der Waals surface area contributed by atoms with Gasteiger partial charge in [-0.15, -0.1) is 0 Å². The summed E-state index contributed by atoms with van der Waals surface area (Å²) in [5, 5.41) is 3.29. The van der Waals surface area contributed by atoms with Crippen molar-refractivity contribution in [2.75, 3.05) is 13.7 Å². The number of rotatable bonds is 5. The number of hydrogen-bond donors (Lipinski definition) is 1. The Balaban J connectivity index is 2.31. The fraction of sp³-hybridized carbons (Fsp3) is 0.500. The first-order valence-electron chi connectivity index (χ1n) is 4.55. The molecule has 1 aromatic heterocycles. The van der Waals surface area contributed by atoms with Crippen LogP contribution >= 0.6 is 15.9 Å². The van der Waals surface area contributed by atoms with Crippen LogP contribution in [0.4, 0.5) is 0 Å². The summed E-state index contributed by atoms with van der Waals surface area (Å²) in [6, 6.07) is 2.05. The van der Waals surface area contributed by atoms with Crippen LogP contribution < -0.4 is 5.32 Å². The van der Waals surface area contributed by atoms with E-state index in [-0.39, 0.29) is 6.10 Å². The number of pyridine rings is 1. The third-order valence-electron chi connectivity index (χ3n) is 1.92. The molecule has 1 atom stereocenters. The Labute approximate surface area is 93.0 Å². The summed E-state index contributed by atoms with van der Waals surface area (Å²) in [5.74, 6) is 0. The molecule has 3 nitrogen and oxygen atoms in total.